The molecule has 0 rings (SSSR count). The molecule has 0 atom stereocenters. The van der Waals surface area contributed by atoms with E-state index in [-0.39, 0.29) is 6.61 Å². The Morgan fingerprint density at radius 3 is 2.25 bits per heavy atom. The minimum absolute atomic E-state index is 0.275. The van der Waals surface area contributed by atoms with Crippen molar-refractivity contribution in [1.29, 1.82) is 0 Å². The first-order chi connectivity index (χ1) is 5.91. The molecule has 0 amide bonds. The summed E-state index contributed by atoms with van der Waals surface area (Å²) >= 11 is 0. The fourth-order valence-electron chi connectivity index (χ4n) is 0.671. The van der Waals surface area contributed by atoms with Gasteiger partial charge in [-0.15, -0.1) is 0 Å². The second kappa shape index (κ2) is 17.1. The summed E-state index contributed by atoms with van der Waals surface area (Å²) in [5.41, 5.74) is 0. The van der Waals surface area contributed by atoms with Gasteiger partial charge < -0.3 is 15.2 Å². The standard InChI is InChI=1S/C7H17NO2.C2H6/c1-10-7-3-5-8-4-2-6-9;1-2/h8-9H,2-7H2,1H3;1-2H3. The molecule has 0 radical (unpaired) electrons. The van der Waals surface area contributed by atoms with E-state index in [1.54, 1.807) is 7.11 Å². The normalized spacial score (nSPS) is 9.00. The van der Waals surface area contributed by atoms with Crippen LogP contribution in [-0.2, 0) is 4.74 Å². The fraction of sp³-hybridized carbons (Fsp3) is 1.00. The van der Waals surface area contributed by atoms with Crippen LogP contribution >= 0.6 is 0 Å². The Morgan fingerprint density at radius 2 is 1.75 bits per heavy atom. The molecule has 0 bridgehead atoms. The van der Waals surface area contributed by atoms with E-state index in [1.165, 1.54) is 0 Å². The lowest BCUT2D eigenvalue weighted by atomic mass is 10.4. The van der Waals surface area contributed by atoms with Crippen LogP contribution in [0.25, 0.3) is 0 Å². The summed E-state index contributed by atoms with van der Waals surface area (Å²) in [5.74, 6) is 0. The highest BCUT2D eigenvalue weighted by atomic mass is 16.5. The van der Waals surface area contributed by atoms with E-state index in [2.05, 4.69) is 5.32 Å². The summed E-state index contributed by atoms with van der Waals surface area (Å²) in [6.45, 7) is 6.97. The molecule has 0 fully saturated rings. The van der Waals surface area contributed by atoms with E-state index in [9.17, 15) is 0 Å². The van der Waals surface area contributed by atoms with E-state index in [0.29, 0.717) is 0 Å². The number of methoxy groups -OCH3 is 1. The largest absolute Gasteiger partial charge is 0.396 e. The van der Waals surface area contributed by atoms with Crippen LogP contribution in [0.4, 0.5) is 0 Å². The fourth-order valence-corrected chi connectivity index (χ4v) is 0.671. The Labute approximate surface area is 76.1 Å². The lowest BCUT2D eigenvalue weighted by molar-refractivity contribution is 0.194. The molecule has 76 valence electrons. The molecule has 2 N–H and O–H groups in total. The van der Waals surface area contributed by atoms with Crippen LogP contribution < -0.4 is 5.32 Å². The minimum atomic E-state index is 0.275. The van der Waals surface area contributed by atoms with Gasteiger partial charge in [0, 0.05) is 20.3 Å². The van der Waals surface area contributed by atoms with Gasteiger partial charge in [-0.05, 0) is 25.9 Å². The molecule has 0 saturated heterocycles. The maximum atomic E-state index is 8.40. The molecule has 0 heterocycles. The molecule has 3 nitrogen and oxygen atoms in total. The molecule has 0 saturated carbocycles. The minimum Gasteiger partial charge on any atom is -0.396 e. The molecule has 0 aliphatic rings. The number of aliphatic hydroxyl groups is 1. The van der Waals surface area contributed by atoms with Crippen LogP contribution in [0.1, 0.15) is 26.7 Å². The third-order valence-corrected chi connectivity index (χ3v) is 1.21. The first-order valence-corrected chi connectivity index (χ1v) is 4.72. The van der Waals surface area contributed by atoms with Crippen molar-refractivity contribution in [3.63, 3.8) is 0 Å². The van der Waals surface area contributed by atoms with Gasteiger partial charge in [0.1, 0.15) is 0 Å². The molecule has 0 aromatic carbocycles. The van der Waals surface area contributed by atoms with Gasteiger partial charge in [-0.3, -0.25) is 0 Å². The average molecular weight is 177 g/mol. The molecule has 0 spiro atoms. The molecule has 0 aliphatic heterocycles. The summed E-state index contributed by atoms with van der Waals surface area (Å²) < 4.78 is 4.86. The van der Waals surface area contributed by atoms with Crippen molar-refractivity contribution in [3.05, 3.63) is 0 Å². The average Bonchev–Trinajstić information content (AvgIpc) is 2.15. The van der Waals surface area contributed by atoms with Crippen molar-refractivity contribution in [1.82, 2.24) is 5.32 Å². The number of ether oxygens (including phenoxy) is 1. The summed E-state index contributed by atoms with van der Waals surface area (Å²) in [5, 5.41) is 11.6. The Bertz CT molecular complexity index is 52.5. The molecular weight excluding hydrogens is 154 g/mol. The third kappa shape index (κ3) is 16.5. The zero-order chi connectivity index (χ0) is 9.66. The lowest BCUT2D eigenvalue weighted by Crippen LogP contribution is -2.18. The Hall–Kier alpha value is -0.120. The number of nitrogens with one attached hydrogen (secondary N) is 1. The smallest absolute Gasteiger partial charge is 0.0474 e. The van der Waals surface area contributed by atoms with E-state index in [1.807, 2.05) is 13.8 Å². The van der Waals surface area contributed by atoms with Gasteiger partial charge in [-0.1, -0.05) is 13.8 Å². The lowest BCUT2D eigenvalue weighted by Gasteiger charge is -2.01. The predicted octanol–water partition coefficient (Wildman–Crippen LogP) is 1.02. The molecule has 0 unspecified atom stereocenters. The van der Waals surface area contributed by atoms with Gasteiger partial charge in [0.15, 0.2) is 0 Å². The molecule has 0 aliphatic carbocycles. The van der Waals surface area contributed by atoms with Gasteiger partial charge in [0.25, 0.3) is 0 Å². The molecular formula is C9H23NO2. The zero-order valence-electron chi connectivity index (χ0n) is 8.60. The second-order valence-electron chi connectivity index (χ2n) is 2.17. The first kappa shape index (κ1) is 14.4. The Kier molecular flexibility index (Phi) is 20.5. The number of hydrogen-bond donors (Lipinski definition) is 2. The van der Waals surface area contributed by atoms with Crippen molar-refractivity contribution in [2.75, 3.05) is 33.4 Å². The van der Waals surface area contributed by atoms with Crippen LogP contribution in [0.5, 0.6) is 0 Å². The third-order valence-electron chi connectivity index (χ3n) is 1.21. The topological polar surface area (TPSA) is 41.5 Å². The van der Waals surface area contributed by atoms with E-state index in [4.69, 9.17) is 9.84 Å². The van der Waals surface area contributed by atoms with Gasteiger partial charge in [0.05, 0.1) is 0 Å². The second-order valence-corrected chi connectivity index (χ2v) is 2.17. The van der Waals surface area contributed by atoms with Gasteiger partial charge in [0.2, 0.25) is 0 Å². The maximum absolute atomic E-state index is 8.40. The quantitative estimate of drug-likeness (QED) is 0.570. The SMILES string of the molecule is CC.COCCCNCCCO. The van der Waals surface area contributed by atoms with E-state index >= 15 is 0 Å². The molecule has 0 aromatic heterocycles. The first-order valence-electron chi connectivity index (χ1n) is 4.72. The van der Waals surface area contributed by atoms with Gasteiger partial charge in [-0.2, -0.15) is 0 Å². The van der Waals surface area contributed by atoms with Gasteiger partial charge >= 0.3 is 0 Å². The predicted molar refractivity (Wildman–Crippen MR) is 52.4 cm³/mol. The monoisotopic (exact) mass is 177 g/mol. The summed E-state index contributed by atoms with van der Waals surface area (Å²) in [6.07, 6.45) is 1.88. The highest BCUT2D eigenvalue weighted by Crippen LogP contribution is 1.77. The van der Waals surface area contributed by atoms with Crippen LogP contribution in [-0.4, -0.2) is 38.5 Å². The van der Waals surface area contributed by atoms with Crippen molar-refractivity contribution < 1.29 is 9.84 Å². The maximum Gasteiger partial charge on any atom is 0.0474 e. The highest BCUT2D eigenvalue weighted by Gasteiger charge is 1.85. The zero-order valence-corrected chi connectivity index (χ0v) is 8.60. The van der Waals surface area contributed by atoms with Crippen molar-refractivity contribution >= 4 is 0 Å². The van der Waals surface area contributed by atoms with Crippen molar-refractivity contribution in [2.45, 2.75) is 26.7 Å². The number of hydrogen-bond acceptors (Lipinski definition) is 3. The highest BCUT2D eigenvalue weighted by molar-refractivity contribution is 4.46. The van der Waals surface area contributed by atoms with E-state index in [0.717, 1.165) is 32.5 Å². The summed E-state index contributed by atoms with van der Waals surface area (Å²) in [6, 6.07) is 0. The van der Waals surface area contributed by atoms with Crippen LogP contribution in [0, 0.1) is 0 Å². The Morgan fingerprint density at radius 1 is 1.17 bits per heavy atom. The number of aliphatic hydroxyl groups excluding tert-OH is 1. The summed E-state index contributed by atoms with van der Waals surface area (Å²) in [7, 11) is 1.70. The van der Waals surface area contributed by atoms with E-state index < -0.39 is 0 Å². The molecule has 12 heavy (non-hydrogen) atoms. The Balaban J connectivity index is 0. The molecule has 3 heteroatoms. The van der Waals surface area contributed by atoms with Crippen LogP contribution in [0.15, 0.2) is 0 Å². The summed E-state index contributed by atoms with van der Waals surface area (Å²) in [4.78, 5) is 0. The van der Waals surface area contributed by atoms with Crippen molar-refractivity contribution in [2.24, 2.45) is 0 Å². The van der Waals surface area contributed by atoms with Crippen LogP contribution in [0.2, 0.25) is 0 Å². The molecule has 0 aromatic rings. The van der Waals surface area contributed by atoms with Crippen LogP contribution in [0.3, 0.4) is 0 Å². The van der Waals surface area contributed by atoms with Crippen molar-refractivity contribution in [3.8, 4) is 0 Å². The number of rotatable bonds is 7. The van der Waals surface area contributed by atoms with Gasteiger partial charge in [-0.25, -0.2) is 0 Å².